The van der Waals surface area contributed by atoms with E-state index in [9.17, 15) is 4.79 Å². The van der Waals surface area contributed by atoms with E-state index in [4.69, 9.17) is 4.74 Å². The van der Waals surface area contributed by atoms with Crippen molar-refractivity contribution in [3.8, 4) is 5.88 Å². The monoisotopic (exact) mass is 318 g/mol. The SMILES string of the molecule is COc1ccc(N2CCN(C(=O)CC3CCCCC3)CC2)nn1. The van der Waals surface area contributed by atoms with Gasteiger partial charge >= 0.3 is 0 Å². The fraction of sp³-hybridized carbons (Fsp3) is 0.706. The zero-order chi connectivity index (χ0) is 16.1. The molecule has 1 saturated heterocycles. The molecule has 6 nitrogen and oxygen atoms in total. The third-order valence-electron chi connectivity index (χ3n) is 4.98. The molecule has 2 aliphatic rings. The van der Waals surface area contributed by atoms with Gasteiger partial charge < -0.3 is 14.5 Å². The quantitative estimate of drug-likeness (QED) is 0.851. The first-order chi connectivity index (χ1) is 11.3. The fourth-order valence-corrected chi connectivity index (χ4v) is 3.54. The summed E-state index contributed by atoms with van der Waals surface area (Å²) in [6, 6.07) is 3.74. The van der Waals surface area contributed by atoms with Crippen LogP contribution in [-0.2, 0) is 4.79 Å². The molecule has 0 bridgehead atoms. The highest BCUT2D eigenvalue weighted by Crippen LogP contribution is 2.27. The summed E-state index contributed by atoms with van der Waals surface area (Å²) in [4.78, 5) is 16.6. The summed E-state index contributed by atoms with van der Waals surface area (Å²) >= 11 is 0. The summed E-state index contributed by atoms with van der Waals surface area (Å²) in [6.45, 7) is 3.19. The van der Waals surface area contributed by atoms with Crippen LogP contribution in [0.3, 0.4) is 0 Å². The number of carbonyl (C=O) groups is 1. The average molecular weight is 318 g/mol. The van der Waals surface area contributed by atoms with Crippen LogP contribution in [0.25, 0.3) is 0 Å². The van der Waals surface area contributed by atoms with Crippen molar-refractivity contribution in [3.05, 3.63) is 12.1 Å². The predicted octanol–water partition coefficient (Wildman–Crippen LogP) is 2.10. The number of anilines is 1. The second kappa shape index (κ2) is 7.62. The lowest BCUT2D eigenvalue weighted by atomic mass is 9.86. The smallest absolute Gasteiger partial charge is 0.233 e. The fourth-order valence-electron chi connectivity index (χ4n) is 3.54. The highest BCUT2D eigenvalue weighted by Gasteiger charge is 2.25. The van der Waals surface area contributed by atoms with E-state index in [1.807, 2.05) is 17.0 Å². The Bertz CT molecular complexity index is 506. The number of amides is 1. The number of piperazine rings is 1. The summed E-state index contributed by atoms with van der Waals surface area (Å²) in [5.41, 5.74) is 0. The molecule has 1 aromatic heterocycles. The molecule has 23 heavy (non-hydrogen) atoms. The third-order valence-corrected chi connectivity index (χ3v) is 4.98. The minimum Gasteiger partial charge on any atom is -0.480 e. The molecule has 1 amide bonds. The van der Waals surface area contributed by atoms with Gasteiger partial charge in [-0.25, -0.2) is 0 Å². The Morgan fingerprint density at radius 2 is 1.87 bits per heavy atom. The molecule has 0 aromatic carbocycles. The number of carbonyl (C=O) groups excluding carboxylic acids is 1. The summed E-state index contributed by atoms with van der Waals surface area (Å²) in [6.07, 6.45) is 7.12. The van der Waals surface area contributed by atoms with E-state index in [0.717, 1.165) is 38.4 Å². The van der Waals surface area contributed by atoms with Gasteiger partial charge in [0.1, 0.15) is 0 Å². The first-order valence-corrected chi connectivity index (χ1v) is 8.66. The van der Waals surface area contributed by atoms with Gasteiger partial charge in [-0.05, 0) is 24.8 Å². The number of ether oxygens (including phenoxy) is 1. The van der Waals surface area contributed by atoms with Crippen molar-refractivity contribution in [2.75, 3.05) is 38.2 Å². The van der Waals surface area contributed by atoms with Crippen molar-refractivity contribution < 1.29 is 9.53 Å². The predicted molar refractivity (Wildman–Crippen MR) is 88.6 cm³/mol. The van der Waals surface area contributed by atoms with Gasteiger partial charge in [-0.2, -0.15) is 0 Å². The zero-order valence-electron chi connectivity index (χ0n) is 13.9. The summed E-state index contributed by atoms with van der Waals surface area (Å²) in [5, 5.41) is 8.19. The van der Waals surface area contributed by atoms with Crippen LogP contribution in [-0.4, -0.2) is 54.3 Å². The summed E-state index contributed by atoms with van der Waals surface area (Å²) in [7, 11) is 1.58. The van der Waals surface area contributed by atoms with Crippen LogP contribution in [0.4, 0.5) is 5.82 Å². The van der Waals surface area contributed by atoms with Crippen LogP contribution >= 0.6 is 0 Å². The van der Waals surface area contributed by atoms with Gasteiger partial charge in [0, 0.05) is 38.7 Å². The number of methoxy groups -OCH3 is 1. The van der Waals surface area contributed by atoms with E-state index in [1.54, 1.807) is 7.11 Å². The van der Waals surface area contributed by atoms with Crippen LogP contribution in [0.2, 0.25) is 0 Å². The normalized spacial score (nSPS) is 19.7. The van der Waals surface area contributed by atoms with Gasteiger partial charge in [-0.3, -0.25) is 4.79 Å². The van der Waals surface area contributed by atoms with Crippen molar-refractivity contribution >= 4 is 11.7 Å². The van der Waals surface area contributed by atoms with Gasteiger partial charge in [0.05, 0.1) is 7.11 Å². The average Bonchev–Trinajstić information content (AvgIpc) is 2.63. The minimum absolute atomic E-state index is 0.331. The van der Waals surface area contributed by atoms with Crippen LogP contribution in [0.5, 0.6) is 5.88 Å². The lowest BCUT2D eigenvalue weighted by molar-refractivity contribution is -0.132. The molecule has 3 rings (SSSR count). The molecule has 1 aromatic rings. The Balaban J connectivity index is 1.48. The Kier molecular flexibility index (Phi) is 5.31. The first-order valence-electron chi connectivity index (χ1n) is 8.66. The van der Waals surface area contributed by atoms with Crippen LogP contribution in [0.1, 0.15) is 38.5 Å². The molecule has 126 valence electrons. The van der Waals surface area contributed by atoms with E-state index in [-0.39, 0.29) is 0 Å². The first kappa shape index (κ1) is 16.0. The van der Waals surface area contributed by atoms with Crippen LogP contribution in [0.15, 0.2) is 12.1 Å². The van der Waals surface area contributed by atoms with Crippen molar-refractivity contribution in [2.24, 2.45) is 5.92 Å². The lowest BCUT2D eigenvalue weighted by Gasteiger charge is -2.36. The second-order valence-electron chi connectivity index (χ2n) is 6.51. The Morgan fingerprint density at radius 1 is 1.13 bits per heavy atom. The lowest BCUT2D eigenvalue weighted by Crippen LogP contribution is -2.49. The molecule has 2 fully saturated rings. The molecule has 0 unspecified atom stereocenters. The third kappa shape index (κ3) is 4.12. The van der Waals surface area contributed by atoms with Gasteiger partial charge in [0.15, 0.2) is 5.82 Å². The molecule has 6 heteroatoms. The van der Waals surface area contributed by atoms with Crippen molar-refractivity contribution in [3.63, 3.8) is 0 Å². The van der Waals surface area contributed by atoms with Crippen molar-refractivity contribution in [1.82, 2.24) is 15.1 Å². The maximum absolute atomic E-state index is 12.5. The molecule has 1 saturated carbocycles. The number of hydrogen-bond acceptors (Lipinski definition) is 5. The zero-order valence-corrected chi connectivity index (χ0v) is 13.9. The highest BCUT2D eigenvalue weighted by molar-refractivity contribution is 5.76. The Morgan fingerprint density at radius 3 is 2.48 bits per heavy atom. The van der Waals surface area contributed by atoms with E-state index in [1.165, 1.54) is 32.1 Å². The standard InChI is InChI=1S/C17H26N4O2/c1-23-16-8-7-15(18-19-16)20-9-11-21(12-10-20)17(22)13-14-5-3-2-4-6-14/h7-8,14H,2-6,9-13H2,1H3. The summed E-state index contributed by atoms with van der Waals surface area (Å²) in [5.74, 6) is 2.32. The van der Waals surface area contributed by atoms with E-state index in [2.05, 4.69) is 15.1 Å². The van der Waals surface area contributed by atoms with E-state index >= 15 is 0 Å². The summed E-state index contributed by atoms with van der Waals surface area (Å²) < 4.78 is 5.03. The van der Waals surface area contributed by atoms with Gasteiger partial charge in [-0.1, -0.05) is 19.3 Å². The minimum atomic E-state index is 0.331. The van der Waals surface area contributed by atoms with Gasteiger partial charge in [-0.15, -0.1) is 10.2 Å². The molecule has 1 aliphatic heterocycles. The molecule has 0 N–H and O–H groups in total. The second-order valence-corrected chi connectivity index (χ2v) is 6.51. The van der Waals surface area contributed by atoms with E-state index < -0.39 is 0 Å². The number of aromatic nitrogens is 2. The molecule has 1 aliphatic carbocycles. The molecule has 2 heterocycles. The number of hydrogen-bond donors (Lipinski definition) is 0. The highest BCUT2D eigenvalue weighted by atomic mass is 16.5. The molecule has 0 spiro atoms. The van der Waals surface area contributed by atoms with Crippen LogP contribution in [0, 0.1) is 5.92 Å². The maximum atomic E-state index is 12.5. The maximum Gasteiger partial charge on any atom is 0.233 e. The van der Waals surface area contributed by atoms with E-state index in [0.29, 0.717) is 17.7 Å². The largest absolute Gasteiger partial charge is 0.480 e. The van der Waals surface area contributed by atoms with Crippen LogP contribution < -0.4 is 9.64 Å². The van der Waals surface area contributed by atoms with Crippen molar-refractivity contribution in [2.45, 2.75) is 38.5 Å². The van der Waals surface area contributed by atoms with Crippen molar-refractivity contribution in [1.29, 1.82) is 0 Å². The Labute approximate surface area is 137 Å². The topological polar surface area (TPSA) is 58.6 Å². The molecular formula is C17H26N4O2. The molecule has 0 atom stereocenters. The number of nitrogens with zero attached hydrogens (tertiary/aromatic N) is 4. The van der Waals surface area contributed by atoms with Gasteiger partial charge in [0.2, 0.25) is 11.8 Å². The number of rotatable bonds is 4. The Hall–Kier alpha value is -1.85. The van der Waals surface area contributed by atoms with Gasteiger partial charge in [0.25, 0.3) is 0 Å². The molecule has 0 radical (unpaired) electrons. The molecular weight excluding hydrogens is 292 g/mol.